The fourth-order valence-electron chi connectivity index (χ4n) is 1.09. The van der Waals surface area contributed by atoms with Crippen molar-refractivity contribution in [3.63, 3.8) is 0 Å². The van der Waals surface area contributed by atoms with Crippen LogP contribution in [-0.2, 0) is 19.2 Å². The third-order valence-corrected chi connectivity index (χ3v) is 2.97. The van der Waals surface area contributed by atoms with Crippen molar-refractivity contribution in [2.75, 3.05) is 5.94 Å². The highest BCUT2D eigenvalue weighted by atomic mass is 32.2. The first-order valence-corrected chi connectivity index (χ1v) is 7.23. The Morgan fingerprint density at radius 3 is 2.78 bits per heavy atom. The van der Waals surface area contributed by atoms with Gasteiger partial charge in [0.25, 0.3) is 10.1 Å². The van der Waals surface area contributed by atoms with Crippen molar-refractivity contribution >= 4 is 29.5 Å². The minimum atomic E-state index is -4.37. The zero-order valence-electron chi connectivity index (χ0n) is 8.72. The van der Waals surface area contributed by atoms with Crippen molar-refractivity contribution in [3.05, 3.63) is 24.3 Å². The summed E-state index contributed by atoms with van der Waals surface area (Å²) in [5.41, 5.74) is 0.913. The monoisotopic (exact) mass is 292 g/mol. The molecule has 0 fully saturated rings. The van der Waals surface area contributed by atoms with E-state index >= 15 is 0 Å². The molecule has 1 unspecified atom stereocenters. The fraction of sp³-hybridized carbons (Fsp3) is 0.125. The van der Waals surface area contributed by atoms with Gasteiger partial charge in [-0.25, -0.2) is 0 Å². The van der Waals surface area contributed by atoms with Gasteiger partial charge in [0, 0.05) is 4.57 Å². The van der Waals surface area contributed by atoms with Crippen molar-refractivity contribution < 1.29 is 31.0 Å². The number of fused-ring (bicyclic) bond motifs is 1. The van der Waals surface area contributed by atoms with Crippen molar-refractivity contribution in [3.8, 4) is 6.08 Å². The van der Waals surface area contributed by atoms with Crippen molar-refractivity contribution in [1.29, 1.82) is 0 Å². The van der Waals surface area contributed by atoms with Crippen molar-refractivity contribution in [2.45, 2.75) is 0 Å². The van der Waals surface area contributed by atoms with E-state index in [4.69, 9.17) is 8.97 Å². The maximum absolute atomic E-state index is 11.2. The smallest absolute Gasteiger partial charge is 0.406 e. The van der Waals surface area contributed by atoms with Gasteiger partial charge >= 0.3 is 14.3 Å². The van der Waals surface area contributed by atoms with Gasteiger partial charge in [-0.3, -0.25) is 4.55 Å². The number of hydrogen-bond acceptors (Lipinski definition) is 7. The number of nitrogens with zero attached hydrogens (tertiary/aromatic N) is 1. The van der Waals surface area contributed by atoms with Gasteiger partial charge in [0.1, 0.15) is 5.52 Å². The van der Waals surface area contributed by atoms with E-state index in [-0.39, 0.29) is 6.08 Å². The molecule has 0 aliphatic heterocycles. The van der Waals surface area contributed by atoms with Crippen LogP contribution in [0.5, 0.6) is 6.08 Å². The summed E-state index contributed by atoms with van der Waals surface area (Å²) in [6.07, 6.45) is -0.312. The Morgan fingerprint density at radius 1 is 1.39 bits per heavy atom. The zero-order chi connectivity index (χ0) is 13.2. The first-order chi connectivity index (χ1) is 8.44. The molecule has 2 rings (SSSR count). The first kappa shape index (κ1) is 12.9. The molecule has 0 radical (unpaired) electrons. The highest BCUT2D eigenvalue weighted by molar-refractivity contribution is 7.85. The quantitative estimate of drug-likeness (QED) is 0.654. The van der Waals surface area contributed by atoms with Crippen LogP contribution < -0.4 is 4.52 Å². The molecule has 1 atom stereocenters. The van der Waals surface area contributed by atoms with Crippen LogP contribution in [0.3, 0.4) is 0 Å². The number of aromatic nitrogens is 1. The molecule has 1 heterocycles. The number of para-hydroxylation sites is 2. The molecule has 0 spiro atoms. The molecule has 1 N–H and O–H groups in total. The van der Waals surface area contributed by atoms with E-state index in [1.54, 1.807) is 24.3 Å². The second-order valence-corrected chi connectivity index (χ2v) is 5.38. The average Bonchev–Trinajstić information content (AvgIpc) is 2.67. The molecule has 18 heavy (non-hydrogen) atoms. The minimum absolute atomic E-state index is 0.312. The van der Waals surface area contributed by atoms with E-state index in [0.29, 0.717) is 11.1 Å². The molecule has 8 nitrogen and oxygen atoms in total. The Morgan fingerprint density at radius 2 is 2.11 bits per heavy atom. The predicted molar refractivity (Wildman–Crippen MR) is 59.7 cm³/mol. The zero-order valence-corrected chi connectivity index (χ0v) is 10.4. The molecular formula is C8H7NO7PS+. The van der Waals surface area contributed by atoms with Gasteiger partial charge in [-0.2, -0.15) is 17.9 Å². The number of oxazole rings is 1. The second kappa shape index (κ2) is 4.99. The summed E-state index contributed by atoms with van der Waals surface area (Å²) in [4.78, 5) is 3.83. The van der Waals surface area contributed by atoms with Gasteiger partial charge in [-0.15, -0.1) is 0 Å². The summed E-state index contributed by atoms with van der Waals surface area (Å²) >= 11 is 0. The lowest BCUT2D eigenvalue weighted by atomic mass is 10.3. The van der Waals surface area contributed by atoms with Crippen LogP contribution in [0.1, 0.15) is 0 Å². The third-order valence-electron chi connectivity index (χ3n) is 1.73. The van der Waals surface area contributed by atoms with Crippen LogP contribution in [0.4, 0.5) is 0 Å². The van der Waals surface area contributed by atoms with Crippen LogP contribution in [0, 0.1) is 0 Å². The SMILES string of the molecule is O=[P+](OCS(=O)(=O)O)Oc1nc2ccccc2o1. The highest BCUT2D eigenvalue weighted by Gasteiger charge is 2.28. The van der Waals surface area contributed by atoms with Crippen LogP contribution in [0.15, 0.2) is 28.7 Å². The lowest BCUT2D eigenvalue weighted by molar-refractivity contribution is 0.289. The molecule has 1 aromatic heterocycles. The maximum atomic E-state index is 11.2. The summed E-state index contributed by atoms with van der Waals surface area (Å²) in [6.45, 7) is 0. The molecule has 0 saturated heterocycles. The summed E-state index contributed by atoms with van der Waals surface area (Å²) < 4.78 is 54.2. The van der Waals surface area contributed by atoms with Crippen LogP contribution >= 0.6 is 8.25 Å². The molecule has 0 aliphatic rings. The standard InChI is InChI=1S/C8H6NO7PS/c10-17(14-5-18(11,12)13)16-8-9-6-3-1-2-4-7(6)15-8/h1-4H,5H2/p+1. The van der Waals surface area contributed by atoms with Gasteiger partial charge in [0.15, 0.2) is 5.58 Å². The van der Waals surface area contributed by atoms with Crippen LogP contribution in [-0.4, -0.2) is 23.9 Å². The highest BCUT2D eigenvalue weighted by Crippen LogP contribution is 2.29. The van der Waals surface area contributed by atoms with Gasteiger partial charge in [-0.05, 0) is 12.1 Å². The van der Waals surface area contributed by atoms with Crippen molar-refractivity contribution in [1.82, 2.24) is 4.98 Å². The van der Waals surface area contributed by atoms with Gasteiger partial charge in [0.2, 0.25) is 5.94 Å². The van der Waals surface area contributed by atoms with Gasteiger partial charge in [-0.1, -0.05) is 16.7 Å². The summed E-state index contributed by atoms with van der Waals surface area (Å²) in [7, 11) is -7.18. The molecule has 0 saturated carbocycles. The lowest BCUT2D eigenvalue weighted by Gasteiger charge is -1.86. The predicted octanol–water partition coefficient (Wildman–Crippen LogP) is 1.73. The molecule has 10 heteroatoms. The molecule has 0 bridgehead atoms. The van der Waals surface area contributed by atoms with E-state index in [9.17, 15) is 13.0 Å². The Balaban J connectivity index is 2.03. The summed E-state index contributed by atoms with van der Waals surface area (Å²) in [5, 5.41) is 0. The van der Waals surface area contributed by atoms with E-state index in [0.717, 1.165) is 0 Å². The Labute approximate surface area is 102 Å². The van der Waals surface area contributed by atoms with E-state index in [1.807, 2.05) is 0 Å². The van der Waals surface area contributed by atoms with E-state index in [1.165, 1.54) is 0 Å². The van der Waals surface area contributed by atoms with E-state index in [2.05, 4.69) is 14.0 Å². The summed E-state index contributed by atoms with van der Waals surface area (Å²) in [5.74, 6) is -1.14. The largest absolute Gasteiger partial charge is 0.756 e. The molecule has 0 amide bonds. The van der Waals surface area contributed by atoms with Crippen LogP contribution in [0.2, 0.25) is 0 Å². The molecule has 2 aromatic rings. The Bertz CT molecular complexity index is 647. The molecule has 1 aromatic carbocycles. The molecule has 0 aliphatic carbocycles. The summed E-state index contributed by atoms with van der Waals surface area (Å²) in [6, 6.07) is 6.72. The topological polar surface area (TPSA) is 116 Å². The van der Waals surface area contributed by atoms with E-state index < -0.39 is 24.3 Å². The lowest BCUT2D eigenvalue weighted by Crippen LogP contribution is -2.04. The fourth-order valence-corrected chi connectivity index (χ4v) is 2.23. The van der Waals surface area contributed by atoms with Gasteiger partial charge < -0.3 is 4.42 Å². The number of rotatable bonds is 5. The number of benzene rings is 1. The molecule has 96 valence electrons. The Kier molecular flexibility index (Phi) is 3.58. The molecular weight excluding hydrogens is 285 g/mol. The average molecular weight is 292 g/mol. The maximum Gasteiger partial charge on any atom is 0.756 e. The number of hydrogen-bond donors (Lipinski definition) is 1. The third kappa shape index (κ3) is 3.47. The van der Waals surface area contributed by atoms with Gasteiger partial charge in [0.05, 0.1) is 0 Å². The van der Waals surface area contributed by atoms with Crippen LogP contribution in [0.25, 0.3) is 11.1 Å². The first-order valence-electron chi connectivity index (χ1n) is 4.53. The minimum Gasteiger partial charge on any atom is -0.406 e. The van der Waals surface area contributed by atoms with Crippen molar-refractivity contribution in [2.24, 2.45) is 0 Å². The second-order valence-electron chi connectivity index (χ2n) is 3.09. The normalized spacial score (nSPS) is 12.6. The Hall–Kier alpha value is -1.54.